The Hall–Kier alpha value is -6.78. The van der Waals surface area contributed by atoms with Crippen LogP contribution >= 0.6 is 0 Å². The molecule has 0 bridgehead atoms. The van der Waals surface area contributed by atoms with Crippen LogP contribution in [0.25, 0.3) is 65.7 Å². The zero-order valence-electron chi connectivity index (χ0n) is 27.6. The minimum atomic E-state index is -0.477. The normalized spacial score (nSPS) is 14.5. The van der Waals surface area contributed by atoms with Crippen LogP contribution in [0, 0.1) is 0 Å². The zero-order valence-corrected chi connectivity index (χ0v) is 27.6. The number of fused-ring (bicyclic) bond motifs is 6. The highest BCUT2D eigenvalue weighted by atomic mass is 16.3. The fourth-order valence-corrected chi connectivity index (χ4v) is 7.36. The number of amidine groups is 2. The van der Waals surface area contributed by atoms with Gasteiger partial charge < -0.3 is 9.73 Å². The molecule has 0 saturated heterocycles. The van der Waals surface area contributed by atoms with Crippen LogP contribution in [0.1, 0.15) is 22.9 Å². The molecule has 8 aromatic carbocycles. The molecule has 240 valence electrons. The fourth-order valence-electron chi connectivity index (χ4n) is 7.36. The molecular weight excluding hydrogens is 623 g/mol. The van der Waals surface area contributed by atoms with Gasteiger partial charge in [0.25, 0.3) is 0 Å². The highest BCUT2D eigenvalue weighted by molar-refractivity contribution is 6.18. The van der Waals surface area contributed by atoms with Crippen molar-refractivity contribution in [3.05, 3.63) is 193 Å². The summed E-state index contributed by atoms with van der Waals surface area (Å²) in [6.07, 6.45) is -0.477. The molecule has 9 aromatic rings. The molecule has 0 fully saturated rings. The van der Waals surface area contributed by atoms with Gasteiger partial charge in [0.1, 0.15) is 22.8 Å². The monoisotopic (exact) mass is 653 g/mol. The second-order valence-corrected chi connectivity index (χ2v) is 13.0. The molecule has 0 aliphatic carbocycles. The van der Waals surface area contributed by atoms with E-state index < -0.39 is 6.17 Å². The molecule has 0 spiro atoms. The molecule has 1 atom stereocenters. The number of nitrogens with one attached hydrogen (secondary N) is 1. The van der Waals surface area contributed by atoms with E-state index in [9.17, 15) is 0 Å². The summed E-state index contributed by atoms with van der Waals surface area (Å²) in [6, 6.07) is 61.6. The first-order chi connectivity index (χ1) is 25.2. The van der Waals surface area contributed by atoms with Gasteiger partial charge in [-0.25, -0.2) is 9.98 Å². The van der Waals surface area contributed by atoms with Crippen LogP contribution in [0.2, 0.25) is 0 Å². The molecule has 4 heteroatoms. The van der Waals surface area contributed by atoms with Gasteiger partial charge in [-0.05, 0) is 68.1 Å². The first-order valence-electron chi connectivity index (χ1n) is 17.3. The number of hydrogen-bond donors (Lipinski definition) is 1. The summed E-state index contributed by atoms with van der Waals surface area (Å²) in [5.74, 6) is 1.57. The van der Waals surface area contributed by atoms with Crippen molar-refractivity contribution in [2.24, 2.45) is 9.98 Å². The lowest BCUT2D eigenvalue weighted by Crippen LogP contribution is -2.36. The number of furan rings is 1. The molecule has 0 amide bonds. The number of hydrogen-bond acceptors (Lipinski definition) is 4. The van der Waals surface area contributed by atoms with E-state index in [1.54, 1.807) is 0 Å². The predicted molar refractivity (Wildman–Crippen MR) is 211 cm³/mol. The van der Waals surface area contributed by atoms with Crippen LogP contribution in [0.4, 0.5) is 0 Å². The third-order valence-corrected chi connectivity index (χ3v) is 9.94. The van der Waals surface area contributed by atoms with E-state index in [1.165, 1.54) is 32.7 Å². The SMILES string of the molecule is c1ccc(C2=NC(c3cccc4oc5cc(-c6ccc(-c7ccccc7)cc6)ccc5c34)N=C(c3ccc4ccc5ccccc5c4c3)N2)cc1. The lowest BCUT2D eigenvalue weighted by Gasteiger charge is -2.23. The van der Waals surface area contributed by atoms with Crippen molar-refractivity contribution in [2.45, 2.75) is 6.17 Å². The van der Waals surface area contributed by atoms with Gasteiger partial charge in [0.05, 0.1) is 0 Å². The smallest absolute Gasteiger partial charge is 0.170 e. The van der Waals surface area contributed by atoms with E-state index >= 15 is 0 Å². The van der Waals surface area contributed by atoms with Crippen LogP contribution < -0.4 is 5.32 Å². The molecule has 0 radical (unpaired) electrons. The molecular formula is C47H31N3O. The van der Waals surface area contributed by atoms with Gasteiger partial charge in [-0.15, -0.1) is 0 Å². The van der Waals surface area contributed by atoms with Crippen LogP contribution in [0.5, 0.6) is 0 Å². The minimum Gasteiger partial charge on any atom is -0.456 e. The van der Waals surface area contributed by atoms with Crippen molar-refractivity contribution >= 4 is 55.2 Å². The molecule has 10 rings (SSSR count). The van der Waals surface area contributed by atoms with Gasteiger partial charge in [-0.2, -0.15) is 0 Å². The number of benzene rings is 8. The first-order valence-corrected chi connectivity index (χ1v) is 17.3. The summed E-state index contributed by atoms with van der Waals surface area (Å²) in [5.41, 5.74) is 9.35. The Labute approximate surface area is 295 Å². The average molecular weight is 654 g/mol. The van der Waals surface area contributed by atoms with Gasteiger partial charge in [0.15, 0.2) is 6.17 Å². The average Bonchev–Trinajstić information content (AvgIpc) is 3.59. The van der Waals surface area contributed by atoms with E-state index in [4.69, 9.17) is 14.4 Å². The highest BCUT2D eigenvalue weighted by Gasteiger charge is 2.24. The summed E-state index contributed by atoms with van der Waals surface area (Å²) < 4.78 is 6.54. The van der Waals surface area contributed by atoms with Crippen molar-refractivity contribution in [1.82, 2.24) is 5.32 Å². The van der Waals surface area contributed by atoms with Gasteiger partial charge in [-0.1, -0.05) is 152 Å². The molecule has 51 heavy (non-hydrogen) atoms. The molecule has 1 unspecified atom stereocenters. The second kappa shape index (κ2) is 12.0. The van der Waals surface area contributed by atoms with Crippen LogP contribution in [0.3, 0.4) is 0 Å². The summed E-state index contributed by atoms with van der Waals surface area (Å²) in [6.45, 7) is 0. The largest absolute Gasteiger partial charge is 0.456 e. The van der Waals surface area contributed by atoms with E-state index in [0.29, 0.717) is 0 Å². The molecule has 0 saturated carbocycles. The number of nitrogens with zero attached hydrogens (tertiary/aromatic N) is 2. The van der Waals surface area contributed by atoms with Crippen molar-refractivity contribution < 1.29 is 4.42 Å². The van der Waals surface area contributed by atoms with E-state index in [1.807, 2.05) is 36.4 Å². The molecule has 2 heterocycles. The summed E-state index contributed by atoms with van der Waals surface area (Å²) in [5, 5.41) is 10.5. The van der Waals surface area contributed by atoms with E-state index in [2.05, 4.69) is 145 Å². The number of aliphatic imine (C=N–C) groups is 2. The van der Waals surface area contributed by atoms with Crippen molar-refractivity contribution in [2.75, 3.05) is 0 Å². The lowest BCUT2D eigenvalue weighted by atomic mass is 9.98. The maximum absolute atomic E-state index is 6.54. The van der Waals surface area contributed by atoms with E-state index in [0.717, 1.165) is 61.4 Å². The zero-order chi connectivity index (χ0) is 33.7. The first kappa shape index (κ1) is 29.2. The van der Waals surface area contributed by atoms with Crippen molar-refractivity contribution in [3.63, 3.8) is 0 Å². The maximum Gasteiger partial charge on any atom is 0.170 e. The maximum atomic E-state index is 6.54. The van der Waals surface area contributed by atoms with Crippen LogP contribution in [-0.2, 0) is 0 Å². The number of rotatable bonds is 5. The fraction of sp³-hybridized carbons (Fsp3) is 0.0213. The van der Waals surface area contributed by atoms with E-state index in [-0.39, 0.29) is 0 Å². The van der Waals surface area contributed by atoms with Crippen LogP contribution in [-0.4, -0.2) is 11.7 Å². The summed E-state index contributed by atoms with van der Waals surface area (Å²) in [4.78, 5) is 10.5. The third-order valence-electron chi connectivity index (χ3n) is 9.94. The molecule has 1 N–H and O–H groups in total. The van der Waals surface area contributed by atoms with Crippen molar-refractivity contribution in [3.8, 4) is 22.3 Å². The quantitative estimate of drug-likeness (QED) is 0.188. The highest BCUT2D eigenvalue weighted by Crippen LogP contribution is 2.39. The third kappa shape index (κ3) is 5.17. The Kier molecular flexibility index (Phi) is 6.85. The summed E-state index contributed by atoms with van der Waals surface area (Å²) in [7, 11) is 0. The molecule has 1 aromatic heterocycles. The van der Waals surface area contributed by atoms with Gasteiger partial charge in [0, 0.05) is 27.5 Å². The Morgan fingerprint density at radius 1 is 0.392 bits per heavy atom. The van der Waals surface area contributed by atoms with Crippen LogP contribution in [0.15, 0.2) is 190 Å². The lowest BCUT2D eigenvalue weighted by molar-refractivity contribution is 0.668. The standard InChI is InChI=1S/C47H31N3O/c1-3-10-30(11-4-1)31-18-20-32(21-19-31)36-26-27-39-43(29-36)51-42-17-9-16-40(44(39)42)47-49-45(35-13-5-2-6-14-35)48-46(50-47)37-25-24-34-23-22-33-12-7-8-15-38(33)41(34)28-37/h1-29,47H,(H,48,49,50). The van der Waals surface area contributed by atoms with Gasteiger partial charge in [0.2, 0.25) is 0 Å². The molecule has 4 nitrogen and oxygen atoms in total. The Morgan fingerprint density at radius 2 is 0.980 bits per heavy atom. The molecule has 1 aliphatic rings. The summed E-state index contributed by atoms with van der Waals surface area (Å²) >= 11 is 0. The Bertz CT molecular complexity index is 2820. The van der Waals surface area contributed by atoms with Gasteiger partial charge >= 0.3 is 0 Å². The predicted octanol–water partition coefficient (Wildman–Crippen LogP) is 11.7. The minimum absolute atomic E-state index is 0.477. The Morgan fingerprint density at radius 3 is 1.76 bits per heavy atom. The topological polar surface area (TPSA) is 49.9 Å². The second-order valence-electron chi connectivity index (χ2n) is 13.0. The van der Waals surface area contributed by atoms with Gasteiger partial charge in [-0.3, -0.25) is 0 Å². The molecule has 1 aliphatic heterocycles. The Balaban J connectivity index is 1.08. The van der Waals surface area contributed by atoms with Crippen molar-refractivity contribution in [1.29, 1.82) is 0 Å².